The van der Waals surface area contributed by atoms with Crippen LogP contribution in [0.4, 0.5) is 50.0 Å². The molecule has 0 aliphatic rings. The third-order valence-corrected chi connectivity index (χ3v) is 2.41. The number of hydrogen-bond donors (Lipinski definition) is 2. The van der Waals surface area contributed by atoms with Crippen LogP contribution in [-0.2, 0) is 6.18 Å². The predicted molar refractivity (Wildman–Crippen MR) is 59.5 cm³/mol. The maximum atomic E-state index is 12.6. The smallest absolute Gasteiger partial charge is 0.318 e. The molecule has 0 heterocycles. The zero-order chi connectivity index (χ0) is 18.1. The molecule has 3 nitrogen and oxygen atoms in total. The molecule has 0 saturated heterocycles. The molecule has 1 aromatic rings. The fraction of sp³-hybridized carbons (Fsp3) is 0.364. The maximum Gasteiger partial charge on any atom is 0.418 e. The summed E-state index contributed by atoms with van der Waals surface area (Å²) in [5.74, 6) is 0. The highest BCUT2D eigenvalue weighted by Gasteiger charge is 2.57. The quantitative estimate of drug-likeness (QED) is 0.763. The van der Waals surface area contributed by atoms with Crippen LogP contribution in [-0.4, -0.2) is 24.4 Å². The molecule has 2 N–H and O–H groups in total. The first-order valence-corrected chi connectivity index (χ1v) is 5.60. The van der Waals surface area contributed by atoms with Gasteiger partial charge >= 0.3 is 24.6 Å². The molecular weight excluding hydrogens is 347 g/mol. The summed E-state index contributed by atoms with van der Waals surface area (Å²) in [7, 11) is 0. The van der Waals surface area contributed by atoms with Crippen LogP contribution >= 0.6 is 0 Å². The van der Waals surface area contributed by atoms with E-state index in [1.54, 1.807) is 0 Å². The first-order chi connectivity index (χ1) is 10.2. The summed E-state index contributed by atoms with van der Waals surface area (Å²) >= 11 is 0. The van der Waals surface area contributed by atoms with Crippen molar-refractivity contribution in [3.8, 4) is 0 Å². The zero-order valence-corrected chi connectivity index (χ0v) is 10.7. The highest BCUT2D eigenvalue weighted by molar-refractivity contribution is 5.90. The van der Waals surface area contributed by atoms with Crippen molar-refractivity contribution >= 4 is 11.7 Å². The number of amides is 2. The molecule has 1 rings (SSSR count). The van der Waals surface area contributed by atoms with E-state index < -0.39 is 41.9 Å². The van der Waals surface area contributed by atoms with Crippen LogP contribution in [0.2, 0.25) is 0 Å². The Morgan fingerprint density at radius 1 is 0.870 bits per heavy atom. The predicted octanol–water partition coefficient (Wildman–Crippen LogP) is 4.32. The minimum Gasteiger partial charge on any atom is -0.318 e. The Morgan fingerprint density at radius 2 is 1.35 bits per heavy atom. The van der Waals surface area contributed by atoms with Crippen molar-refractivity contribution in [2.24, 2.45) is 0 Å². The number of halogens is 9. The topological polar surface area (TPSA) is 41.1 Å². The first kappa shape index (κ1) is 18.9. The molecule has 0 saturated carbocycles. The second kappa shape index (κ2) is 6.16. The number of nitrogens with one attached hydrogen (secondary N) is 2. The van der Waals surface area contributed by atoms with Crippen LogP contribution < -0.4 is 10.6 Å². The molecule has 23 heavy (non-hydrogen) atoms. The molecule has 0 aliphatic heterocycles. The summed E-state index contributed by atoms with van der Waals surface area (Å²) in [5.41, 5.74) is -2.41. The van der Waals surface area contributed by atoms with Crippen molar-refractivity contribution in [3.63, 3.8) is 0 Å². The van der Waals surface area contributed by atoms with Crippen molar-refractivity contribution in [1.29, 1.82) is 0 Å². The van der Waals surface area contributed by atoms with Crippen LogP contribution in [0.1, 0.15) is 5.56 Å². The number of rotatable bonds is 2. The van der Waals surface area contributed by atoms with E-state index in [0.29, 0.717) is 17.4 Å². The molecule has 0 fully saturated rings. The molecule has 0 radical (unpaired) electrons. The monoisotopic (exact) mass is 354 g/mol. The Morgan fingerprint density at radius 3 is 1.78 bits per heavy atom. The van der Waals surface area contributed by atoms with E-state index >= 15 is 0 Å². The van der Waals surface area contributed by atoms with E-state index in [1.165, 1.54) is 5.32 Å². The Balaban J connectivity index is 2.97. The number of carbonyl (C=O) groups excluding carboxylic acids is 1. The lowest BCUT2D eigenvalue weighted by Gasteiger charge is -2.24. The summed E-state index contributed by atoms with van der Waals surface area (Å²) in [4.78, 5) is 11.2. The van der Waals surface area contributed by atoms with Gasteiger partial charge in [0, 0.05) is 0 Å². The van der Waals surface area contributed by atoms with Crippen LogP contribution in [0.3, 0.4) is 0 Å². The Hall–Kier alpha value is -2.14. The highest BCUT2D eigenvalue weighted by atomic mass is 19.4. The van der Waals surface area contributed by atoms with E-state index in [-0.39, 0.29) is 0 Å². The lowest BCUT2D eigenvalue weighted by Crippen LogP contribution is -2.55. The van der Waals surface area contributed by atoms with Gasteiger partial charge < -0.3 is 10.6 Å². The summed E-state index contributed by atoms with van der Waals surface area (Å²) in [6.45, 7) is 0. The minimum atomic E-state index is -5.86. The lowest BCUT2D eigenvalue weighted by molar-refractivity contribution is -0.255. The fourth-order valence-corrected chi connectivity index (χ4v) is 1.48. The second-order valence-electron chi connectivity index (χ2n) is 4.16. The van der Waals surface area contributed by atoms with E-state index in [9.17, 15) is 44.3 Å². The number of benzene rings is 1. The van der Waals surface area contributed by atoms with Crippen molar-refractivity contribution in [3.05, 3.63) is 29.8 Å². The third-order valence-electron chi connectivity index (χ3n) is 2.41. The molecule has 0 spiro atoms. The summed E-state index contributed by atoms with van der Waals surface area (Å²) < 4.78 is 111. The molecule has 0 bridgehead atoms. The van der Waals surface area contributed by atoms with Crippen molar-refractivity contribution in [1.82, 2.24) is 5.32 Å². The summed E-state index contributed by atoms with van der Waals surface area (Å²) in [5, 5.41) is 1.88. The maximum absolute atomic E-state index is 12.6. The Bertz CT molecular complexity index is 548. The van der Waals surface area contributed by atoms with Gasteiger partial charge in [0.2, 0.25) is 6.04 Å². The van der Waals surface area contributed by atoms with E-state index in [0.717, 1.165) is 12.1 Å². The van der Waals surface area contributed by atoms with Gasteiger partial charge in [0.05, 0.1) is 11.3 Å². The number of para-hydroxylation sites is 1. The van der Waals surface area contributed by atoms with Gasteiger partial charge in [-0.05, 0) is 12.1 Å². The molecule has 130 valence electrons. The molecule has 0 aromatic heterocycles. The van der Waals surface area contributed by atoms with Crippen molar-refractivity contribution < 1.29 is 44.3 Å². The number of urea groups is 1. The van der Waals surface area contributed by atoms with E-state index in [1.807, 2.05) is 0 Å². The number of anilines is 1. The normalized spacial score (nSPS) is 13.1. The van der Waals surface area contributed by atoms with E-state index in [4.69, 9.17) is 0 Å². The van der Waals surface area contributed by atoms with E-state index in [2.05, 4.69) is 0 Å². The van der Waals surface area contributed by atoms with Gasteiger partial charge in [-0.15, -0.1) is 0 Å². The molecule has 1 aromatic carbocycles. The van der Waals surface area contributed by atoms with Gasteiger partial charge in [0.25, 0.3) is 0 Å². The SMILES string of the molecule is O=C(Nc1ccccc1C(F)(F)F)NC(C(F)(F)F)C(F)(F)F. The first-order valence-electron chi connectivity index (χ1n) is 5.60. The Kier molecular flexibility index (Phi) is 5.07. The van der Waals surface area contributed by atoms with Gasteiger partial charge in [-0.1, -0.05) is 12.1 Å². The molecule has 0 unspecified atom stereocenters. The number of carbonyl (C=O) groups is 1. The molecule has 0 aliphatic carbocycles. The third kappa shape index (κ3) is 5.21. The van der Waals surface area contributed by atoms with Crippen molar-refractivity contribution in [2.45, 2.75) is 24.6 Å². The van der Waals surface area contributed by atoms with Gasteiger partial charge in [0.1, 0.15) is 0 Å². The Labute approximate surface area is 122 Å². The van der Waals surface area contributed by atoms with Gasteiger partial charge in [-0.25, -0.2) is 4.79 Å². The summed E-state index contributed by atoms with van der Waals surface area (Å²) in [6, 6.07) is -3.18. The molecule has 0 atom stereocenters. The zero-order valence-electron chi connectivity index (χ0n) is 10.7. The molecule has 12 heteroatoms. The highest BCUT2D eigenvalue weighted by Crippen LogP contribution is 2.35. The number of hydrogen-bond acceptors (Lipinski definition) is 1. The number of alkyl halides is 9. The van der Waals surface area contributed by atoms with Crippen LogP contribution in [0, 0.1) is 0 Å². The average molecular weight is 354 g/mol. The van der Waals surface area contributed by atoms with Gasteiger partial charge in [0.15, 0.2) is 0 Å². The van der Waals surface area contributed by atoms with Gasteiger partial charge in [-0.2, -0.15) is 39.5 Å². The largest absolute Gasteiger partial charge is 0.418 e. The van der Waals surface area contributed by atoms with Gasteiger partial charge in [-0.3, -0.25) is 0 Å². The van der Waals surface area contributed by atoms with Crippen molar-refractivity contribution in [2.75, 3.05) is 5.32 Å². The standard InChI is InChI=1S/C11H7F9N2O/c12-9(13,14)5-3-1-2-4-6(5)21-8(23)22-7(10(15,16)17)11(18,19)20/h1-4,7H,(H2,21,22,23). The second-order valence-corrected chi connectivity index (χ2v) is 4.16. The van der Waals surface area contributed by atoms with Crippen LogP contribution in [0.15, 0.2) is 24.3 Å². The molecule has 2 amide bonds. The molecular formula is C11H7F9N2O. The lowest BCUT2D eigenvalue weighted by atomic mass is 10.1. The average Bonchev–Trinajstić information content (AvgIpc) is 2.32. The fourth-order valence-electron chi connectivity index (χ4n) is 1.48. The minimum absolute atomic E-state index is 0.501. The summed E-state index contributed by atoms with van der Waals surface area (Å²) in [6.07, 6.45) is -16.7. The van der Waals surface area contributed by atoms with Crippen LogP contribution in [0.5, 0.6) is 0 Å². The van der Waals surface area contributed by atoms with Crippen LogP contribution in [0.25, 0.3) is 0 Å².